The monoisotopic (exact) mass is 167 g/mol. The second-order valence-electron chi connectivity index (χ2n) is 2.25. The summed E-state index contributed by atoms with van der Waals surface area (Å²) in [4.78, 5) is 9.88. The van der Waals surface area contributed by atoms with Gasteiger partial charge in [0.25, 0.3) is 5.69 Å². The lowest BCUT2D eigenvalue weighted by molar-refractivity contribution is -0.383. The van der Waals surface area contributed by atoms with Gasteiger partial charge in [-0.15, -0.1) is 0 Å². The molecule has 0 fully saturated rings. The van der Waals surface area contributed by atoms with Crippen molar-refractivity contribution in [1.82, 2.24) is 0 Å². The van der Waals surface area contributed by atoms with Crippen molar-refractivity contribution in [2.75, 3.05) is 18.1 Å². The van der Waals surface area contributed by atoms with Gasteiger partial charge in [0.1, 0.15) is 5.69 Å². The van der Waals surface area contributed by atoms with Gasteiger partial charge in [-0.1, -0.05) is 6.07 Å². The average Bonchev–Trinajstić information content (AvgIpc) is 2.04. The Labute approximate surface area is 69.3 Å². The number of hydrogen-bond acceptors (Lipinski definition) is 4. The molecule has 3 N–H and O–H groups in total. The molecular weight excluding hydrogens is 158 g/mol. The van der Waals surface area contributed by atoms with Crippen LogP contribution in [0.5, 0.6) is 0 Å². The van der Waals surface area contributed by atoms with Crippen LogP contribution in [-0.4, -0.2) is 12.0 Å². The van der Waals surface area contributed by atoms with E-state index in [-0.39, 0.29) is 11.4 Å². The summed E-state index contributed by atoms with van der Waals surface area (Å²) in [5, 5.41) is 13.1. The molecule has 1 rings (SSSR count). The lowest BCUT2D eigenvalue weighted by Crippen LogP contribution is -1.99. The van der Waals surface area contributed by atoms with Crippen molar-refractivity contribution in [3.63, 3.8) is 0 Å². The van der Waals surface area contributed by atoms with E-state index in [1.165, 1.54) is 6.07 Å². The largest absolute Gasteiger partial charge is 0.391 e. The summed E-state index contributed by atoms with van der Waals surface area (Å²) in [6.45, 7) is 0. The fourth-order valence-corrected chi connectivity index (χ4v) is 0.930. The van der Waals surface area contributed by atoms with Gasteiger partial charge in [-0.2, -0.15) is 0 Å². The first-order chi connectivity index (χ1) is 5.66. The normalized spacial score (nSPS) is 9.42. The minimum absolute atomic E-state index is 0.0677. The van der Waals surface area contributed by atoms with Crippen molar-refractivity contribution < 1.29 is 4.92 Å². The fourth-order valence-electron chi connectivity index (χ4n) is 0.930. The Kier molecular flexibility index (Phi) is 2.14. The minimum atomic E-state index is -0.504. The van der Waals surface area contributed by atoms with E-state index in [2.05, 4.69) is 5.32 Å². The molecule has 0 unspecified atom stereocenters. The topological polar surface area (TPSA) is 81.2 Å². The number of nitrogen functional groups attached to an aromatic ring is 1. The minimum Gasteiger partial charge on any atom is -0.391 e. The number of anilines is 2. The van der Waals surface area contributed by atoms with Gasteiger partial charge in [0, 0.05) is 13.1 Å². The summed E-state index contributed by atoms with van der Waals surface area (Å²) >= 11 is 0. The molecule has 0 aromatic heterocycles. The smallest absolute Gasteiger partial charge is 0.294 e. The number of nitrogens with one attached hydrogen (secondary N) is 1. The van der Waals surface area contributed by atoms with E-state index < -0.39 is 4.92 Å². The van der Waals surface area contributed by atoms with Crippen LogP contribution in [0, 0.1) is 10.1 Å². The van der Waals surface area contributed by atoms with Gasteiger partial charge in [-0.05, 0) is 6.07 Å². The zero-order valence-corrected chi connectivity index (χ0v) is 6.57. The summed E-state index contributed by atoms with van der Waals surface area (Å²) in [5.74, 6) is 0. The second kappa shape index (κ2) is 3.08. The molecule has 0 saturated carbocycles. The highest BCUT2D eigenvalue weighted by molar-refractivity contribution is 5.75. The van der Waals surface area contributed by atoms with Gasteiger partial charge in [-0.3, -0.25) is 10.1 Å². The molecule has 0 heterocycles. The van der Waals surface area contributed by atoms with Gasteiger partial charge in [0.15, 0.2) is 0 Å². The number of nitrogens with zero attached hydrogens (tertiary/aromatic N) is 1. The molecule has 0 radical (unpaired) electrons. The van der Waals surface area contributed by atoms with Crippen LogP contribution in [0.4, 0.5) is 17.1 Å². The first-order valence-electron chi connectivity index (χ1n) is 3.37. The number of benzene rings is 1. The summed E-state index contributed by atoms with van der Waals surface area (Å²) in [5.41, 5.74) is 6.17. The lowest BCUT2D eigenvalue weighted by Gasteiger charge is -2.03. The Morgan fingerprint density at radius 1 is 1.58 bits per heavy atom. The molecule has 0 spiro atoms. The standard InChI is InChI=1S/C7H9N3O2/c1-9-5-3-2-4-6(7(5)8)10(11)12/h2-4,9H,8H2,1H3. The predicted octanol–water partition coefficient (Wildman–Crippen LogP) is 1.22. The van der Waals surface area contributed by atoms with Crippen molar-refractivity contribution >= 4 is 17.1 Å². The first kappa shape index (κ1) is 8.32. The summed E-state index contributed by atoms with van der Waals surface area (Å²) in [6, 6.07) is 4.64. The molecule has 1 aromatic rings. The number of rotatable bonds is 2. The molecule has 64 valence electrons. The second-order valence-corrected chi connectivity index (χ2v) is 2.25. The molecule has 0 aliphatic rings. The van der Waals surface area contributed by atoms with Gasteiger partial charge < -0.3 is 11.1 Å². The van der Waals surface area contributed by atoms with Gasteiger partial charge in [0.2, 0.25) is 0 Å². The average molecular weight is 167 g/mol. The molecule has 0 aliphatic carbocycles. The highest BCUT2D eigenvalue weighted by Gasteiger charge is 2.12. The molecule has 1 aromatic carbocycles. The van der Waals surface area contributed by atoms with Crippen molar-refractivity contribution in [1.29, 1.82) is 0 Å². The fraction of sp³-hybridized carbons (Fsp3) is 0.143. The van der Waals surface area contributed by atoms with E-state index in [9.17, 15) is 10.1 Å². The van der Waals surface area contributed by atoms with E-state index in [1.807, 2.05) is 0 Å². The number of para-hydroxylation sites is 1. The van der Waals surface area contributed by atoms with Crippen LogP contribution in [0.2, 0.25) is 0 Å². The number of nitrogens with two attached hydrogens (primary N) is 1. The maximum absolute atomic E-state index is 10.4. The van der Waals surface area contributed by atoms with Crippen molar-refractivity contribution in [2.45, 2.75) is 0 Å². The molecule has 0 amide bonds. The van der Waals surface area contributed by atoms with Crippen LogP contribution in [0.15, 0.2) is 18.2 Å². The Morgan fingerprint density at radius 2 is 2.25 bits per heavy atom. The third-order valence-corrected chi connectivity index (χ3v) is 1.55. The molecule has 0 saturated heterocycles. The van der Waals surface area contributed by atoms with Crippen molar-refractivity contribution in [3.8, 4) is 0 Å². The van der Waals surface area contributed by atoms with E-state index >= 15 is 0 Å². The summed E-state index contributed by atoms with van der Waals surface area (Å²) in [7, 11) is 1.66. The SMILES string of the molecule is CNc1cccc([N+](=O)[O-])c1N. The maximum Gasteiger partial charge on any atom is 0.294 e. The third-order valence-electron chi connectivity index (χ3n) is 1.55. The van der Waals surface area contributed by atoms with E-state index in [4.69, 9.17) is 5.73 Å². The Morgan fingerprint density at radius 3 is 2.75 bits per heavy atom. The van der Waals surface area contributed by atoms with Gasteiger partial charge in [0.05, 0.1) is 10.6 Å². The highest BCUT2D eigenvalue weighted by atomic mass is 16.6. The maximum atomic E-state index is 10.4. The molecule has 0 aliphatic heterocycles. The van der Waals surface area contributed by atoms with Crippen LogP contribution in [-0.2, 0) is 0 Å². The van der Waals surface area contributed by atoms with Crippen LogP contribution in [0.25, 0.3) is 0 Å². The van der Waals surface area contributed by atoms with E-state index in [0.29, 0.717) is 5.69 Å². The number of nitro groups is 1. The highest BCUT2D eigenvalue weighted by Crippen LogP contribution is 2.27. The zero-order chi connectivity index (χ0) is 9.14. The number of hydrogen-bond donors (Lipinski definition) is 2. The zero-order valence-electron chi connectivity index (χ0n) is 6.57. The summed E-state index contributed by atoms with van der Waals surface area (Å²) in [6.07, 6.45) is 0. The molecule has 5 nitrogen and oxygen atoms in total. The van der Waals surface area contributed by atoms with Crippen LogP contribution >= 0.6 is 0 Å². The quantitative estimate of drug-likeness (QED) is 0.394. The lowest BCUT2D eigenvalue weighted by atomic mass is 10.2. The molecular formula is C7H9N3O2. The first-order valence-corrected chi connectivity index (χ1v) is 3.37. The molecule has 5 heteroatoms. The Bertz CT molecular complexity index is 312. The summed E-state index contributed by atoms with van der Waals surface area (Å²) < 4.78 is 0. The van der Waals surface area contributed by atoms with Crippen LogP contribution in [0.3, 0.4) is 0 Å². The Hall–Kier alpha value is -1.78. The molecule has 12 heavy (non-hydrogen) atoms. The molecule has 0 atom stereocenters. The van der Waals surface area contributed by atoms with Crippen molar-refractivity contribution in [2.24, 2.45) is 0 Å². The molecule has 0 bridgehead atoms. The van der Waals surface area contributed by atoms with Crippen LogP contribution < -0.4 is 11.1 Å². The van der Waals surface area contributed by atoms with Crippen LogP contribution in [0.1, 0.15) is 0 Å². The third kappa shape index (κ3) is 1.29. The number of nitro benzene ring substituents is 1. The van der Waals surface area contributed by atoms with Crippen molar-refractivity contribution in [3.05, 3.63) is 28.3 Å². The van der Waals surface area contributed by atoms with Gasteiger partial charge in [-0.25, -0.2) is 0 Å². The van der Waals surface area contributed by atoms with E-state index in [0.717, 1.165) is 0 Å². The Balaban J connectivity index is 3.23. The van der Waals surface area contributed by atoms with E-state index in [1.54, 1.807) is 19.2 Å². The predicted molar refractivity (Wildman–Crippen MR) is 47.1 cm³/mol. The van der Waals surface area contributed by atoms with Gasteiger partial charge >= 0.3 is 0 Å².